The summed E-state index contributed by atoms with van der Waals surface area (Å²) in [6.45, 7) is 0.272. The Balaban J connectivity index is 1.40. The molecule has 0 saturated carbocycles. The summed E-state index contributed by atoms with van der Waals surface area (Å²) in [4.78, 5) is 22.4. The molecule has 0 atom stereocenters. The molecule has 0 fully saturated rings. The summed E-state index contributed by atoms with van der Waals surface area (Å²) >= 11 is 1.56. The van der Waals surface area contributed by atoms with Gasteiger partial charge in [-0.05, 0) is 36.8 Å². The van der Waals surface area contributed by atoms with Gasteiger partial charge < -0.3 is 32.8 Å². The van der Waals surface area contributed by atoms with Gasteiger partial charge in [0.05, 0.1) is 53.1 Å². The van der Waals surface area contributed by atoms with Crippen LogP contribution in [0.4, 0.5) is 0 Å². The molecule has 42 heavy (non-hydrogen) atoms. The van der Waals surface area contributed by atoms with Gasteiger partial charge in [0.25, 0.3) is 0 Å². The Morgan fingerprint density at radius 3 is 2.14 bits per heavy atom. The molecule has 0 aliphatic rings. The highest BCUT2D eigenvalue weighted by Crippen LogP contribution is 2.43. The quantitative estimate of drug-likeness (QED) is 0.0968. The smallest absolute Gasteiger partial charge is 0.235 e. The van der Waals surface area contributed by atoms with Gasteiger partial charge in [-0.15, -0.1) is 11.8 Å². The van der Waals surface area contributed by atoms with Gasteiger partial charge >= 0.3 is 0 Å². The van der Waals surface area contributed by atoms with E-state index in [-0.39, 0.29) is 23.5 Å². The van der Waals surface area contributed by atoms with E-state index in [0.29, 0.717) is 57.5 Å². The van der Waals surface area contributed by atoms with E-state index < -0.39 is 0 Å². The van der Waals surface area contributed by atoms with Crippen molar-refractivity contribution in [2.45, 2.75) is 11.4 Å². The lowest BCUT2D eigenvalue weighted by molar-refractivity contribution is 0.309. The van der Waals surface area contributed by atoms with E-state index >= 15 is 0 Å². The van der Waals surface area contributed by atoms with Crippen LogP contribution < -0.4 is 33.8 Å². The van der Waals surface area contributed by atoms with Crippen molar-refractivity contribution in [1.82, 2.24) is 9.97 Å². The summed E-state index contributed by atoms with van der Waals surface area (Å²) in [6, 6.07) is 14.2. The maximum atomic E-state index is 13.6. The van der Waals surface area contributed by atoms with Gasteiger partial charge in [0.2, 0.25) is 16.9 Å². The third kappa shape index (κ3) is 5.60. The van der Waals surface area contributed by atoms with Gasteiger partial charge in [-0.25, -0.2) is 9.97 Å². The number of hydrogen-bond acceptors (Lipinski definition) is 11. The molecule has 10 nitrogen and oxygen atoms in total. The van der Waals surface area contributed by atoms with Crippen LogP contribution in [0.3, 0.4) is 0 Å². The molecule has 3 aromatic carbocycles. The molecule has 0 spiro atoms. The Labute approximate surface area is 246 Å². The SMILES string of the molecule is COc1cc2ncnc(SCCCOc3c(-c4cc(OC)c(OC)c(OC)c4)oc4ccccc4c3=O)c2cc1OC. The lowest BCUT2D eigenvalue weighted by Gasteiger charge is -2.16. The summed E-state index contributed by atoms with van der Waals surface area (Å²) in [6.07, 6.45) is 2.15. The Morgan fingerprint density at radius 1 is 0.762 bits per heavy atom. The average molecular weight is 591 g/mol. The molecule has 0 aliphatic heterocycles. The largest absolute Gasteiger partial charge is 0.493 e. The zero-order valence-electron chi connectivity index (χ0n) is 23.9. The summed E-state index contributed by atoms with van der Waals surface area (Å²) < 4.78 is 39.7. The maximum absolute atomic E-state index is 13.6. The van der Waals surface area contributed by atoms with Gasteiger partial charge in [-0.2, -0.15) is 0 Å². The van der Waals surface area contributed by atoms with E-state index in [1.54, 1.807) is 56.3 Å². The molecule has 2 heterocycles. The average Bonchev–Trinajstić information content (AvgIpc) is 3.03. The van der Waals surface area contributed by atoms with E-state index in [2.05, 4.69) is 9.97 Å². The van der Waals surface area contributed by atoms with Crippen LogP contribution in [0.1, 0.15) is 6.42 Å². The number of hydrogen-bond donors (Lipinski definition) is 0. The van der Waals surface area contributed by atoms with Crippen molar-refractivity contribution >= 4 is 33.6 Å². The van der Waals surface area contributed by atoms with Crippen LogP contribution in [0.25, 0.3) is 33.2 Å². The lowest BCUT2D eigenvalue weighted by atomic mass is 10.1. The number of benzene rings is 3. The van der Waals surface area contributed by atoms with Gasteiger partial charge in [0.15, 0.2) is 28.8 Å². The molecule has 11 heteroatoms. The highest BCUT2D eigenvalue weighted by Gasteiger charge is 2.22. The summed E-state index contributed by atoms with van der Waals surface area (Å²) in [5, 5.41) is 2.10. The molecule has 2 aromatic heterocycles. The van der Waals surface area contributed by atoms with Gasteiger partial charge in [0.1, 0.15) is 16.9 Å². The van der Waals surface area contributed by atoms with Crippen molar-refractivity contribution in [3.8, 4) is 45.8 Å². The summed E-state index contributed by atoms with van der Waals surface area (Å²) in [7, 11) is 7.76. The highest BCUT2D eigenvalue weighted by molar-refractivity contribution is 7.99. The van der Waals surface area contributed by atoms with Crippen molar-refractivity contribution in [1.29, 1.82) is 0 Å². The van der Waals surface area contributed by atoms with E-state index in [1.165, 1.54) is 27.7 Å². The first-order chi connectivity index (χ1) is 20.5. The highest BCUT2D eigenvalue weighted by atomic mass is 32.2. The van der Waals surface area contributed by atoms with Crippen LogP contribution in [-0.4, -0.2) is 57.9 Å². The third-order valence-electron chi connectivity index (χ3n) is 6.56. The van der Waals surface area contributed by atoms with E-state index in [0.717, 1.165) is 15.9 Å². The molecule has 0 aliphatic carbocycles. The fraction of sp³-hybridized carbons (Fsp3) is 0.258. The van der Waals surface area contributed by atoms with E-state index in [4.69, 9.17) is 32.8 Å². The Bertz CT molecular complexity index is 1760. The van der Waals surface area contributed by atoms with Crippen molar-refractivity contribution in [2.24, 2.45) is 0 Å². The molecule has 0 amide bonds. The number of para-hydroxylation sites is 1. The molecular formula is C31H30N2O8S. The van der Waals surface area contributed by atoms with Crippen molar-refractivity contribution < 1.29 is 32.8 Å². The zero-order chi connectivity index (χ0) is 29.6. The van der Waals surface area contributed by atoms with Crippen LogP contribution in [0, 0.1) is 0 Å². The minimum Gasteiger partial charge on any atom is -0.493 e. The van der Waals surface area contributed by atoms with Crippen LogP contribution in [0.5, 0.6) is 34.5 Å². The number of aromatic nitrogens is 2. The second-order valence-electron chi connectivity index (χ2n) is 8.95. The van der Waals surface area contributed by atoms with Gasteiger partial charge in [-0.1, -0.05) is 12.1 Å². The number of thioether (sulfide) groups is 1. The van der Waals surface area contributed by atoms with Crippen LogP contribution in [0.2, 0.25) is 0 Å². The first kappa shape index (κ1) is 28.9. The first-order valence-electron chi connectivity index (χ1n) is 13.0. The molecule has 0 saturated heterocycles. The number of rotatable bonds is 12. The minimum atomic E-state index is -0.268. The van der Waals surface area contributed by atoms with Crippen LogP contribution in [-0.2, 0) is 0 Å². The Hall–Kier alpha value is -4.64. The topological polar surface area (TPSA) is 111 Å². The van der Waals surface area contributed by atoms with Crippen LogP contribution in [0.15, 0.2) is 69.1 Å². The number of methoxy groups -OCH3 is 5. The van der Waals surface area contributed by atoms with Crippen LogP contribution >= 0.6 is 11.8 Å². The molecule has 0 bridgehead atoms. The molecule has 0 N–H and O–H groups in total. The molecule has 218 valence electrons. The first-order valence-corrected chi connectivity index (χ1v) is 14.0. The predicted molar refractivity (Wildman–Crippen MR) is 161 cm³/mol. The molecule has 5 aromatic rings. The number of fused-ring (bicyclic) bond motifs is 2. The monoisotopic (exact) mass is 590 g/mol. The molecular weight excluding hydrogens is 560 g/mol. The van der Waals surface area contributed by atoms with Crippen molar-refractivity contribution in [2.75, 3.05) is 47.9 Å². The standard InChI is InChI=1S/C31H30N2O8S/c1-35-23-15-20-21(16-24(23)36-2)32-17-33-31(20)42-12-8-11-40-30-27(34)19-9-6-7-10-22(19)41-28(30)18-13-25(37-3)29(39-5)26(14-18)38-4/h6-7,9-10,13-17H,8,11-12H2,1-5H3. The summed E-state index contributed by atoms with van der Waals surface area (Å²) in [5.74, 6) is 3.55. The van der Waals surface area contributed by atoms with Gasteiger partial charge in [-0.3, -0.25) is 4.79 Å². The summed E-state index contributed by atoms with van der Waals surface area (Å²) in [5.41, 5.74) is 1.48. The second kappa shape index (κ2) is 12.9. The Morgan fingerprint density at radius 2 is 1.45 bits per heavy atom. The van der Waals surface area contributed by atoms with Crippen molar-refractivity contribution in [3.05, 3.63) is 65.1 Å². The van der Waals surface area contributed by atoms with E-state index in [1.807, 2.05) is 18.2 Å². The fourth-order valence-corrected chi connectivity index (χ4v) is 5.43. The Kier molecular flexibility index (Phi) is 8.87. The number of ether oxygens (including phenoxy) is 6. The molecule has 0 unspecified atom stereocenters. The third-order valence-corrected chi connectivity index (χ3v) is 7.65. The fourth-order valence-electron chi connectivity index (χ4n) is 4.53. The maximum Gasteiger partial charge on any atom is 0.235 e. The van der Waals surface area contributed by atoms with Gasteiger partial charge in [0, 0.05) is 22.8 Å². The predicted octanol–water partition coefficient (Wildman–Crippen LogP) is 6.01. The molecule has 5 rings (SSSR count). The number of nitrogens with zero attached hydrogens (tertiary/aromatic N) is 2. The minimum absolute atomic E-state index is 0.109. The molecule has 0 radical (unpaired) electrons. The normalized spacial score (nSPS) is 11.0. The lowest BCUT2D eigenvalue weighted by Crippen LogP contribution is -2.11. The zero-order valence-corrected chi connectivity index (χ0v) is 24.7. The van der Waals surface area contributed by atoms with E-state index in [9.17, 15) is 4.79 Å². The second-order valence-corrected chi connectivity index (χ2v) is 10.0. The van der Waals surface area contributed by atoms with Crippen molar-refractivity contribution in [3.63, 3.8) is 0 Å².